The van der Waals surface area contributed by atoms with E-state index in [4.69, 9.17) is 16.3 Å². The molecule has 0 bridgehead atoms. The highest BCUT2D eigenvalue weighted by Gasteiger charge is 2.37. The number of hydrogen-bond donors (Lipinski definition) is 1. The van der Waals surface area contributed by atoms with E-state index in [1.807, 2.05) is 12.1 Å². The minimum atomic E-state index is -0.972. The third-order valence-electron chi connectivity index (χ3n) is 7.76. The number of imidazole rings is 1. The number of halogens is 1. The molecule has 1 aliphatic heterocycles. The van der Waals surface area contributed by atoms with E-state index in [0.29, 0.717) is 23.1 Å². The van der Waals surface area contributed by atoms with Crippen LogP contribution >= 0.6 is 11.6 Å². The largest absolute Gasteiger partial charge is 0.465 e. The van der Waals surface area contributed by atoms with Crippen LogP contribution in [0.1, 0.15) is 50.1 Å². The van der Waals surface area contributed by atoms with Gasteiger partial charge in [-0.15, -0.1) is 5.10 Å². The summed E-state index contributed by atoms with van der Waals surface area (Å²) in [6, 6.07) is 25.7. The van der Waals surface area contributed by atoms with Gasteiger partial charge >= 0.3 is 5.97 Å². The third-order valence-corrected chi connectivity index (χ3v) is 8.10. The first-order valence-electron chi connectivity index (χ1n) is 14.4. The molecule has 2 aromatic heterocycles. The van der Waals surface area contributed by atoms with Crippen LogP contribution in [0.3, 0.4) is 0 Å². The summed E-state index contributed by atoms with van der Waals surface area (Å²) in [5.41, 5.74) is 2.77. The molecule has 0 saturated carbocycles. The molecule has 0 aliphatic carbocycles. The van der Waals surface area contributed by atoms with Gasteiger partial charge in [-0.05, 0) is 57.0 Å². The van der Waals surface area contributed by atoms with Gasteiger partial charge in [0.05, 0.1) is 18.3 Å². The van der Waals surface area contributed by atoms with Crippen molar-refractivity contribution in [3.63, 3.8) is 0 Å². The quantitative estimate of drug-likeness (QED) is 0.189. The predicted molar refractivity (Wildman–Crippen MR) is 164 cm³/mol. The lowest BCUT2D eigenvalue weighted by Gasteiger charge is -2.39. The van der Waals surface area contributed by atoms with Crippen LogP contribution < -0.4 is 5.32 Å². The zero-order valence-electron chi connectivity index (χ0n) is 24.1. The van der Waals surface area contributed by atoms with Crippen molar-refractivity contribution < 1.29 is 9.53 Å². The zero-order chi connectivity index (χ0) is 28.8. The van der Waals surface area contributed by atoms with Crippen LogP contribution in [-0.4, -0.2) is 76.2 Å². The summed E-state index contributed by atoms with van der Waals surface area (Å²) in [7, 11) is 0. The van der Waals surface area contributed by atoms with Gasteiger partial charge in [0, 0.05) is 32.7 Å². The van der Waals surface area contributed by atoms with Gasteiger partial charge in [-0.2, -0.15) is 0 Å². The lowest BCUT2D eigenvalue weighted by atomic mass is 9.90. The molecule has 0 unspecified atom stereocenters. The summed E-state index contributed by atoms with van der Waals surface area (Å²) >= 11 is 6.62. The third kappa shape index (κ3) is 6.56. The molecule has 0 radical (unpaired) electrons. The van der Waals surface area contributed by atoms with Gasteiger partial charge in [-0.3, -0.25) is 9.69 Å². The van der Waals surface area contributed by atoms with Gasteiger partial charge < -0.3 is 15.0 Å². The van der Waals surface area contributed by atoms with Crippen molar-refractivity contribution in [1.29, 1.82) is 0 Å². The SMILES string of the molecule is CCOC(=O)C(C)(C)c1nc2ccc(NCCCN3CCN(C(c4ccccc4)c4ccccc4)CC3)nn2c1Cl. The van der Waals surface area contributed by atoms with Crippen LogP contribution in [0.15, 0.2) is 72.8 Å². The number of aromatic nitrogens is 3. The fourth-order valence-corrected chi connectivity index (χ4v) is 5.86. The van der Waals surface area contributed by atoms with Crippen molar-refractivity contribution in [1.82, 2.24) is 24.4 Å². The summed E-state index contributed by atoms with van der Waals surface area (Å²) in [6.45, 7) is 11.6. The first-order valence-corrected chi connectivity index (χ1v) is 14.8. The number of hydrogen-bond acceptors (Lipinski definition) is 7. The van der Waals surface area contributed by atoms with Crippen LogP contribution in [-0.2, 0) is 14.9 Å². The smallest absolute Gasteiger partial charge is 0.317 e. The molecule has 3 heterocycles. The standard InChI is InChI=1S/C32H39ClN6O2/c1-4-41-31(40)32(2,3)29-30(33)39-27(35-29)17-16-26(36-39)34-18-11-19-37-20-22-38(23-21-37)28(24-12-7-5-8-13-24)25-14-9-6-10-15-25/h5-10,12-17,28H,4,11,18-23H2,1-3H3,(H,34,36). The molecular formula is C32H39ClN6O2. The van der Waals surface area contributed by atoms with E-state index < -0.39 is 5.41 Å². The molecule has 9 heteroatoms. The second kappa shape index (κ2) is 13.0. The number of anilines is 1. The van der Waals surface area contributed by atoms with Gasteiger partial charge in [0.15, 0.2) is 10.8 Å². The van der Waals surface area contributed by atoms with Gasteiger partial charge in [-0.1, -0.05) is 72.3 Å². The number of fused-ring (bicyclic) bond motifs is 1. The maximum atomic E-state index is 12.5. The van der Waals surface area contributed by atoms with Gasteiger partial charge in [-0.25, -0.2) is 9.50 Å². The molecule has 216 valence electrons. The minimum absolute atomic E-state index is 0.278. The first-order chi connectivity index (χ1) is 19.9. The Bertz CT molecular complexity index is 1400. The van der Waals surface area contributed by atoms with E-state index in [1.54, 1.807) is 25.3 Å². The topological polar surface area (TPSA) is 75.0 Å². The van der Waals surface area contributed by atoms with E-state index in [-0.39, 0.29) is 12.0 Å². The molecular weight excluding hydrogens is 536 g/mol. The highest BCUT2D eigenvalue weighted by atomic mass is 35.5. The van der Waals surface area contributed by atoms with Crippen molar-refractivity contribution in [3.8, 4) is 0 Å². The maximum absolute atomic E-state index is 12.5. The average molecular weight is 575 g/mol. The minimum Gasteiger partial charge on any atom is -0.465 e. The van der Waals surface area contributed by atoms with Crippen molar-refractivity contribution in [2.75, 3.05) is 51.2 Å². The second-order valence-corrected chi connectivity index (χ2v) is 11.3. The Balaban J connectivity index is 1.14. The Morgan fingerprint density at radius 2 is 1.61 bits per heavy atom. The van der Waals surface area contributed by atoms with Crippen LogP contribution in [0.25, 0.3) is 5.65 Å². The van der Waals surface area contributed by atoms with Crippen LogP contribution in [0.5, 0.6) is 0 Å². The van der Waals surface area contributed by atoms with Gasteiger partial charge in [0.25, 0.3) is 0 Å². The normalized spacial score (nSPS) is 15.0. The van der Waals surface area contributed by atoms with Gasteiger partial charge in [0.1, 0.15) is 11.2 Å². The molecule has 1 fully saturated rings. The highest BCUT2D eigenvalue weighted by Crippen LogP contribution is 2.32. The number of ether oxygens (including phenoxy) is 1. The monoisotopic (exact) mass is 574 g/mol. The summed E-state index contributed by atoms with van der Waals surface area (Å²) in [4.78, 5) is 22.2. The fourth-order valence-electron chi connectivity index (χ4n) is 5.46. The lowest BCUT2D eigenvalue weighted by molar-refractivity contribution is -0.148. The Morgan fingerprint density at radius 3 is 2.22 bits per heavy atom. The molecule has 0 amide bonds. The van der Waals surface area contributed by atoms with E-state index in [0.717, 1.165) is 51.5 Å². The molecule has 1 aliphatic rings. The number of carbonyl (C=O) groups is 1. The number of piperazine rings is 1. The van der Waals surface area contributed by atoms with E-state index in [9.17, 15) is 4.79 Å². The molecule has 0 atom stereocenters. The predicted octanol–water partition coefficient (Wildman–Crippen LogP) is 5.43. The molecule has 4 aromatic rings. The molecule has 5 rings (SSSR count). The number of esters is 1. The van der Waals surface area contributed by atoms with Crippen molar-refractivity contribution in [2.24, 2.45) is 0 Å². The average Bonchev–Trinajstić information content (AvgIpc) is 3.34. The van der Waals surface area contributed by atoms with E-state index in [2.05, 4.69) is 85.9 Å². The van der Waals surface area contributed by atoms with Crippen LogP contribution in [0, 0.1) is 0 Å². The first kappa shape index (κ1) is 29.0. The number of carbonyl (C=O) groups excluding carboxylic acids is 1. The highest BCUT2D eigenvalue weighted by molar-refractivity contribution is 6.30. The zero-order valence-corrected chi connectivity index (χ0v) is 24.8. The van der Waals surface area contributed by atoms with Gasteiger partial charge in [0.2, 0.25) is 0 Å². The maximum Gasteiger partial charge on any atom is 0.317 e. The van der Waals surface area contributed by atoms with E-state index >= 15 is 0 Å². The fraction of sp³-hybridized carbons (Fsp3) is 0.406. The molecule has 1 saturated heterocycles. The van der Waals surface area contributed by atoms with Crippen molar-refractivity contribution >= 4 is 29.0 Å². The van der Waals surface area contributed by atoms with E-state index in [1.165, 1.54) is 11.1 Å². The molecule has 2 aromatic carbocycles. The van der Waals surface area contributed by atoms with Crippen LogP contribution in [0.2, 0.25) is 5.15 Å². The summed E-state index contributed by atoms with van der Waals surface area (Å²) in [5, 5.41) is 8.36. The summed E-state index contributed by atoms with van der Waals surface area (Å²) < 4.78 is 6.80. The Kier molecular flexibility index (Phi) is 9.22. The summed E-state index contributed by atoms with van der Waals surface area (Å²) in [5.74, 6) is 0.357. The Labute approximate surface area is 247 Å². The molecule has 0 spiro atoms. The summed E-state index contributed by atoms with van der Waals surface area (Å²) in [6.07, 6.45) is 0.999. The molecule has 41 heavy (non-hydrogen) atoms. The number of nitrogens with zero attached hydrogens (tertiary/aromatic N) is 5. The Morgan fingerprint density at radius 1 is 0.976 bits per heavy atom. The second-order valence-electron chi connectivity index (χ2n) is 11.0. The van der Waals surface area contributed by atoms with Crippen molar-refractivity contribution in [3.05, 3.63) is 94.8 Å². The lowest BCUT2D eigenvalue weighted by Crippen LogP contribution is -2.48. The number of nitrogens with one attached hydrogen (secondary N) is 1. The molecule has 1 N–H and O–H groups in total. The Hall–Kier alpha value is -3.46. The number of benzene rings is 2. The van der Waals surface area contributed by atoms with Crippen LogP contribution in [0.4, 0.5) is 5.82 Å². The van der Waals surface area contributed by atoms with Crippen molar-refractivity contribution in [2.45, 2.75) is 38.6 Å². The number of rotatable bonds is 11. The molecule has 8 nitrogen and oxygen atoms in total.